The molecule has 2 nitrogen and oxygen atoms in total. The normalized spacial score (nSPS) is 16.6. The van der Waals surface area contributed by atoms with Gasteiger partial charge in [0.25, 0.3) is 0 Å². The number of anilines is 1. The Morgan fingerprint density at radius 2 is 2.27 bits per heavy atom. The molecule has 1 aliphatic rings. The van der Waals surface area contributed by atoms with Gasteiger partial charge in [-0.3, -0.25) is 0 Å². The second kappa shape index (κ2) is 4.23. The molecule has 0 aromatic heterocycles. The van der Waals surface area contributed by atoms with E-state index in [1.807, 2.05) is 0 Å². The third kappa shape index (κ3) is 2.00. The molecule has 82 valence electrons. The molecule has 0 amide bonds. The number of para-hydroxylation sites is 1. The zero-order valence-electron chi connectivity index (χ0n) is 9.66. The summed E-state index contributed by atoms with van der Waals surface area (Å²) in [5.74, 6) is 0. The molecule has 0 bridgehead atoms. The number of fused-ring (bicyclic) bond motifs is 1. The molecule has 1 atom stereocenters. The molecule has 1 aromatic rings. The molecule has 0 aliphatic carbocycles. The van der Waals surface area contributed by atoms with E-state index < -0.39 is 0 Å². The molecule has 2 N–H and O–H groups in total. The van der Waals surface area contributed by atoms with Gasteiger partial charge in [0.2, 0.25) is 0 Å². The van der Waals surface area contributed by atoms with E-state index in [9.17, 15) is 0 Å². The lowest BCUT2D eigenvalue weighted by Gasteiger charge is -2.21. The minimum absolute atomic E-state index is 0.246. The third-order valence-corrected chi connectivity index (χ3v) is 3.09. The first-order chi connectivity index (χ1) is 7.22. The smallest absolute Gasteiger partial charge is 0.0432 e. The van der Waals surface area contributed by atoms with Gasteiger partial charge in [-0.05, 0) is 37.8 Å². The topological polar surface area (TPSA) is 29.3 Å². The summed E-state index contributed by atoms with van der Waals surface area (Å²) in [7, 11) is 0. The standard InChI is InChI=1S/C13H20N2/c1-3-15-8-7-11-5-4-6-12(13(11)15)9-10(2)14/h4-6,10H,3,7-9,14H2,1-2H3. The van der Waals surface area contributed by atoms with Crippen LogP contribution in [0.3, 0.4) is 0 Å². The zero-order valence-corrected chi connectivity index (χ0v) is 9.66. The first-order valence-corrected chi connectivity index (χ1v) is 5.83. The Morgan fingerprint density at radius 3 is 2.93 bits per heavy atom. The first-order valence-electron chi connectivity index (χ1n) is 5.83. The van der Waals surface area contributed by atoms with Gasteiger partial charge in [-0.25, -0.2) is 0 Å². The lowest BCUT2D eigenvalue weighted by atomic mass is 10.0. The zero-order chi connectivity index (χ0) is 10.8. The fourth-order valence-corrected chi connectivity index (χ4v) is 2.45. The van der Waals surface area contributed by atoms with Crippen LogP contribution in [0.4, 0.5) is 5.69 Å². The highest BCUT2D eigenvalue weighted by Gasteiger charge is 2.20. The maximum atomic E-state index is 5.89. The van der Waals surface area contributed by atoms with Gasteiger partial charge in [-0.2, -0.15) is 0 Å². The molecular formula is C13H20N2. The molecule has 0 fully saturated rings. The van der Waals surface area contributed by atoms with Crippen molar-refractivity contribution >= 4 is 5.69 Å². The van der Waals surface area contributed by atoms with Crippen molar-refractivity contribution in [1.82, 2.24) is 0 Å². The fourth-order valence-electron chi connectivity index (χ4n) is 2.45. The van der Waals surface area contributed by atoms with Crippen molar-refractivity contribution in [2.45, 2.75) is 32.7 Å². The summed E-state index contributed by atoms with van der Waals surface area (Å²) in [6.07, 6.45) is 2.18. The maximum Gasteiger partial charge on any atom is 0.0432 e. The maximum absolute atomic E-state index is 5.89. The van der Waals surface area contributed by atoms with Gasteiger partial charge in [-0.15, -0.1) is 0 Å². The van der Waals surface area contributed by atoms with Crippen LogP contribution in [0.25, 0.3) is 0 Å². The van der Waals surface area contributed by atoms with Crippen molar-refractivity contribution in [2.75, 3.05) is 18.0 Å². The Balaban J connectivity index is 2.35. The van der Waals surface area contributed by atoms with E-state index in [4.69, 9.17) is 5.73 Å². The summed E-state index contributed by atoms with van der Waals surface area (Å²) in [4.78, 5) is 2.47. The predicted octanol–water partition coefficient (Wildman–Crippen LogP) is 1.96. The third-order valence-electron chi connectivity index (χ3n) is 3.09. The SMILES string of the molecule is CCN1CCc2cccc(CC(C)N)c21. The van der Waals surface area contributed by atoms with Crippen molar-refractivity contribution in [3.63, 3.8) is 0 Å². The summed E-state index contributed by atoms with van der Waals surface area (Å²) in [6.45, 7) is 6.56. The van der Waals surface area contributed by atoms with Crippen molar-refractivity contribution in [2.24, 2.45) is 5.73 Å². The van der Waals surface area contributed by atoms with Gasteiger partial charge in [0, 0.05) is 24.8 Å². The lowest BCUT2D eigenvalue weighted by Crippen LogP contribution is -2.23. The molecule has 1 heterocycles. The van der Waals surface area contributed by atoms with E-state index in [1.54, 1.807) is 0 Å². The summed E-state index contributed by atoms with van der Waals surface area (Å²) >= 11 is 0. The predicted molar refractivity (Wildman–Crippen MR) is 65.4 cm³/mol. The molecule has 2 heteroatoms. The highest BCUT2D eigenvalue weighted by molar-refractivity contribution is 5.63. The minimum atomic E-state index is 0.246. The van der Waals surface area contributed by atoms with Crippen LogP contribution in [-0.4, -0.2) is 19.1 Å². The Labute approximate surface area is 92.1 Å². The molecule has 1 aromatic carbocycles. The van der Waals surface area contributed by atoms with Crippen LogP contribution < -0.4 is 10.6 Å². The van der Waals surface area contributed by atoms with Crippen molar-refractivity contribution in [1.29, 1.82) is 0 Å². The highest BCUT2D eigenvalue weighted by atomic mass is 15.1. The average Bonchev–Trinajstić information content (AvgIpc) is 2.61. The molecule has 2 rings (SSSR count). The Morgan fingerprint density at radius 1 is 1.47 bits per heavy atom. The van der Waals surface area contributed by atoms with Crippen LogP contribution in [0, 0.1) is 0 Å². The second-order valence-corrected chi connectivity index (χ2v) is 4.44. The number of likely N-dealkylation sites (N-methyl/N-ethyl adjacent to an activating group) is 1. The van der Waals surface area contributed by atoms with E-state index in [-0.39, 0.29) is 6.04 Å². The number of nitrogens with zero attached hydrogens (tertiary/aromatic N) is 1. The van der Waals surface area contributed by atoms with Crippen LogP contribution in [0.1, 0.15) is 25.0 Å². The van der Waals surface area contributed by atoms with Gasteiger partial charge < -0.3 is 10.6 Å². The van der Waals surface area contributed by atoms with Gasteiger partial charge in [0.1, 0.15) is 0 Å². The number of hydrogen-bond acceptors (Lipinski definition) is 2. The van der Waals surface area contributed by atoms with Crippen molar-refractivity contribution in [3.8, 4) is 0 Å². The second-order valence-electron chi connectivity index (χ2n) is 4.44. The monoisotopic (exact) mass is 204 g/mol. The molecule has 0 spiro atoms. The van der Waals surface area contributed by atoms with E-state index >= 15 is 0 Å². The number of nitrogens with two attached hydrogens (primary N) is 1. The molecule has 1 unspecified atom stereocenters. The van der Waals surface area contributed by atoms with Crippen LogP contribution in [-0.2, 0) is 12.8 Å². The van der Waals surface area contributed by atoms with E-state index in [1.165, 1.54) is 29.8 Å². The Kier molecular flexibility index (Phi) is 2.96. The van der Waals surface area contributed by atoms with Gasteiger partial charge in [0.05, 0.1) is 0 Å². The van der Waals surface area contributed by atoms with Crippen LogP contribution >= 0.6 is 0 Å². The van der Waals surface area contributed by atoms with Crippen LogP contribution in [0.15, 0.2) is 18.2 Å². The van der Waals surface area contributed by atoms with Crippen molar-refractivity contribution in [3.05, 3.63) is 29.3 Å². The molecule has 0 saturated carbocycles. The summed E-state index contributed by atoms with van der Waals surface area (Å²) < 4.78 is 0. The lowest BCUT2D eigenvalue weighted by molar-refractivity contribution is 0.735. The molecule has 15 heavy (non-hydrogen) atoms. The largest absolute Gasteiger partial charge is 0.371 e. The van der Waals surface area contributed by atoms with E-state index in [0.29, 0.717) is 0 Å². The van der Waals surface area contributed by atoms with E-state index in [2.05, 4.69) is 36.9 Å². The molecule has 0 radical (unpaired) electrons. The van der Waals surface area contributed by atoms with Crippen LogP contribution in [0.2, 0.25) is 0 Å². The molecular weight excluding hydrogens is 184 g/mol. The van der Waals surface area contributed by atoms with Gasteiger partial charge in [0.15, 0.2) is 0 Å². The van der Waals surface area contributed by atoms with Gasteiger partial charge in [-0.1, -0.05) is 18.2 Å². The summed E-state index contributed by atoms with van der Waals surface area (Å²) in [5.41, 5.74) is 10.3. The quantitative estimate of drug-likeness (QED) is 0.815. The average molecular weight is 204 g/mol. The minimum Gasteiger partial charge on any atom is -0.371 e. The van der Waals surface area contributed by atoms with Crippen LogP contribution in [0.5, 0.6) is 0 Å². The Hall–Kier alpha value is -1.02. The Bertz CT molecular complexity index is 344. The van der Waals surface area contributed by atoms with Gasteiger partial charge >= 0.3 is 0 Å². The van der Waals surface area contributed by atoms with E-state index in [0.717, 1.165) is 13.0 Å². The van der Waals surface area contributed by atoms with Crippen molar-refractivity contribution < 1.29 is 0 Å². The highest BCUT2D eigenvalue weighted by Crippen LogP contribution is 2.32. The molecule has 1 aliphatic heterocycles. The summed E-state index contributed by atoms with van der Waals surface area (Å²) in [6, 6.07) is 6.87. The number of hydrogen-bond donors (Lipinski definition) is 1. The fraction of sp³-hybridized carbons (Fsp3) is 0.538. The number of benzene rings is 1. The molecule has 0 saturated heterocycles. The number of rotatable bonds is 3. The summed E-state index contributed by atoms with van der Waals surface area (Å²) in [5, 5.41) is 0. The first kappa shape index (κ1) is 10.5.